The van der Waals surface area contributed by atoms with Gasteiger partial charge < -0.3 is 14.6 Å². The van der Waals surface area contributed by atoms with Crippen LogP contribution in [0.3, 0.4) is 0 Å². The van der Waals surface area contributed by atoms with Crippen LogP contribution in [0.15, 0.2) is 53.3 Å². The summed E-state index contributed by atoms with van der Waals surface area (Å²) in [4.78, 5) is 9.90. The average molecular weight is 380 g/mol. The molecule has 0 saturated carbocycles. The number of halogens is 1. The van der Waals surface area contributed by atoms with Crippen molar-refractivity contribution in [2.45, 2.75) is 25.6 Å². The zero-order valence-electron chi connectivity index (χ0n) is 16.2. The first kappa shape index (κ1) is 18.5. The zero-order chi connectivity index (χ0) is 19.5. The van der Waals surface area contributed by atoms with Crippen LogP contribution in [-0.4, -0.2) is 36.8 Å². The highest BCUT2D eigenvalue weighted by atomic mass is 19.1. The van der Waals surface area contributed by atoms with Crippen molar-refractivity contribution in [3.63, 3.8) is 0 Å². The van der Waals surface area contributed by atoms with Crippen LogP contribution in [0.4, 0.5) is 4.39 Å². The Morgan fingerprint density at radius 3 is 3.07 bits per heavy atom. The molecule has 2 aliphatic heterocycles. The largest absolute Gasteiger partial charge is 0.494 e. The molecule has 5 nitrogen and oxygen atoms in total. The van der Waals surface area contributed by atoms with E-state index in [2.05, 4.69) is 50.8 Å². The molecular weight excluding hydrogens is 355 g/mol. The van der Waals surface area contributed by atoms with Gasteiger partial charge in [0, 0.05) is 49.7 Å². The summed E-state index contributed by atoms with van der Waals surface area (Å²) < 4.78 is 19.4. The number of ether oxygens (including phenoxy) is 1. The number of hydrogen-bond donors (Lipinski definition) is 2. The van der Waals surface area contributed by atoms with Crippen LogP contribution in [0.5, 0.6) is 5.75 Å². The number of benzene rings is 1. The van der Waals surface area contributed by atoms with E-state index in [-0.39, 0.29) is 17.7 Å². The van der Waals surface area contributed by atoms with Crippen LogP contribution in [0.25, 0.3) is 6.08 Å². The molecule has 0 fully saturated rings. The predicted octanol–water partition coefficient (Wildman–Crippen LogP) is 2.01. The quantitative estimate of drug-likeness (QED) is 0.806. The van der Waals surface area contributed by atoms with Gasteiger partial charge in [-0.2, -0.15) is 0 Å². The van der Waals surface area contributed by atoms with Crippen LogP contribution in [0.2, 0.25) is 0 Å². The molecule has 0 spiro atoms. The molecule has 28 heavy (non-hydrogen) atoms. The van der Waals surface area contributed by atoms with E-state index >= 15 is 0 Å². The monoisotopic (exact) mass is 380 g/mol. The summed E-state index contributed by atoms with van der Waals surface area (Å²) >= 11 is 0. The lowest BCUT2D eigenvalue weighted by Crippen LogP contribution is -2.40. The zero-order valence-corrected chi connectivity index (χ0v) is 16.2. The van der Waals surface area contributed by atoms with Crippen LogP contribution in [0.1, 0.15) is 17.5 Å². The first-order chi connectivity index (χ1) is 13.7. The molecular formula is C22H25FN4O. The second-order valence-electron chi connectivity index (χ2n) is 7.12. The third-order valence-electron chi connectivity index (χ3n) is 5.19. The minimum atomic E-state index is -0.310. The molecule has 1 atom stereocenters. The lowest BCUT2D eigenvalue weighted by atomic mass is 10.0. The number of nitrogens with zero attached hydrogens (tertiary/aromatic N) is 2. The number of aromatic amines is 1. The van der Waals surface area contributed by atoms with E-state index < -0.39 is 0 Å². The lowest BCUT2D eigenvalue weighted by Gasteiger charge is -2.29. The number of methoxy groups -OCH3 is 1. The Morgan fingerprint density at radius 1 is 1.36 bits per heavy atom. The van der Waals surface area contributed by atoms with Crippen LogP contribution >= 0.6 is 0 Å². The summed E-state index contributed by atoms with van der Waals surface area (Å²) in [7, 11) is 3.50. The summed E-state index contributed by atoms with van der Waals surface area (Å²) in [6.45, 7) is 1.28. The van der Waals surface area contributed by atoms with E-state index in [0.717, 1.165) is 24.9 Å². The van der Waals surface area contributed by atoms with E-state index in [9.17, 15) is 4.39 Å². The van der Waals surface area contributed by atoms with Gasteiger partial charge in [0.2, 0.25) is 0 Å². The van der Waals surface area contributed by atoms with Gasteiger partial charge in [0.25, 0.3) is 0 Å². The van der Waals surface area contributed by atoms with Gasteiger partial charge in [-0.05, 0) is 29.7 Å². The maximum Gasteiger partial charge on any atom is 0.169 e. The fourth-order valence-electron chi connectivity index (χ4n) is 3.69. The molecule has 0 amide bonds. The van der Waals surface area contributed by atoms with E-state index in [1.807, 2.05) is 7.05 Å². The van der Waals surface area contributed by atoms with E-state index in [1.54, 1.807) is 18.2 Å². The molecule has 0 aliphatic carbocycles. The number of allylic oxidation sites excluding steroid dienone is 2. The molecule has 2 aliphatic rings. The predicted molar refractivity (Wildman–Crippen MR) is 108 cm³/mol. The fraction of sp³-hybridized carbons (Fsp3) is 0.318. The molecule has 4 rings (SSSR count). The summed E-state index contributed by atoms with van der Waals surface area (Å²) in [5.74, 6) is -0.0394. The molecule has 1 aromatic heterocycles. The first-order valence-electron chi connectivity index (χ1n) is 9.52. The van der Waals surface area contributed by atoms with Gasteiger partial charge in [0.05, 0.1) is 13.3 Å². The summed E-state index contributed by atoms with van der Waals surface area (Å²) in [6.07, 6.45) is 12.6. The molecule has 2 aromatic rings. The van der Waals surface area contributed by atoms with E-state index in [0.29, 0.717) is 12.1 Å². The molecule has 0 saturated heterocycles. The number of H-pyrrole nitrogens is 1. The molecule has 1 aromatic carbocycles. The normalized spacial score (nSPS) is 18.2. The number of aromatic nitrogens is 1. The van der Waals surface area contributed by atoms with Crippen LogP contribution < -0.4 is 20.8 Å². The number of likely N-dealkylation sites (N-methyl/N-ethyl adjacent to an activating group) is 1. The Hall–Kier alpha value is -2.86. The van der Waals surface area contributed by atoms with Crippen molar-refractivity contribution in [2.24, 2.45) is 4.99 Å². The third kappa shape index (κ3) is 3.73. The second-order valence-corrected chi connectivity index (χ2v) is 7.12. The van der Waals surface area contributed by atoms with Gasteiger partial charge in [-0.25, -0.2) is 4.39 Å². The minimum absolute atomic E-state index is 0.0102. The molecule has 6 heteroatoms. The van der Waals surface area contributed by atoms with Crippen molar-refractivity contribution >= 4 is 6.08 Å². The van der Waals surface area contributed by atoms with Crippen molar-refractivity contribution in [3.8, 4) is 5.75 Å². The lowest BCUT2D eigenvalue weighted by molar-refractivity contribution is 0.317. The molecule has 0 bridgehead atoms. The van der Waals surface area contributed by atoms with Crippen molar-refractivity contribution in [3.05, 3.63) is 76.0 Å². The van der Waals surface area contributed by atoms with Crippen LogP contribution in [-0.2, 0) is 13.0 Å². The van der Waals surface area contributed by atoms with Gasteiger partial charge in [0.1, 0.15) is 5.49 Å². The van der Waals surface area contributed by atoms with E-state index in [1.165, 1.54) is 23.5 Å². The summed E-state index contributed by atoms with van der Waals surface area (Å²) in [5, 5.41) is 4.61. The highest BCUT2D eigenvalue weighted by molar-refractivity contribution is 5.36. The Morgan fingerprint density at radius 2 is 2.25 bits per heavy atom. The summed E-state index contributed by atoms with van der Waals surface area (Å²) in [5.41, 5.74) is 4.09. The van der Waals surface area contributed by atoms with Gasteiger partial charge in [0.15, 0.2) is 11.6 Å². The van der Waals surface area contributed by atoms with Gasteiger partial charge in [-0.3, -0.25) is 10.3 Å². The van der Waals surface area contributed by atoms with E-state index in [4.69, 9.17) is 4.74 Å². The van der Waals surface area contributed by atoms with Gasteiger partial charge in [-0.1, -0.05) is 24.3 Å². The average Bonchev–Trinajstić information content (AvgIpc) is 3.11. The van der Waals surface area contributed by atoms with Crippen molar-refractivity contribution in [2.75, 3.05) is 20.7 Å². The summed E-state index contributed by atoms with van der Waals surface area (Å²) in [6, 6.07) is 5.21. The van der Waals surface area contributed by atoms with Crippen molar-refractivity contribution in [1.82, 2.24) is 15.2 Å². The topological polar surface area (TPSA) is 52.6 Å². The number of rotatable bonds is 6. The maximum atomic E-state index is 14.3. The first-order valence-corrected chi connectivity index (χ1v) is 9.52. The minimum Gasteiger partial charge on any atom is -0.494 e. The van der Waals surface area contributed by atoms with Crippen molar-refractivity contribution in [1.29, 1.82) is 0 Å². The smallest absolute Gasteiger partial charge is 0.169 e. The number of fused-ring (bicyclic) bond motifs is 1. The molecule has 2 N–H and O–H groups in total. The third-order valence-corrected chi connectivity index (χ3v) is 5.19. The molecule has 146 valence electrons. The second kappa shape index (κ2) is 8.02. The standard InChI is InChI=1S/C22H25FN4O/c1-27-14-15(11-17-13-26-22-18(17)6-4-10-24-22)8-9-20(27)25-12-16-5-3-7-19(28-2)21(16)23/h3,5-9,13-14,20,25H,4,10-12H2,1-2H3,(H,24,26). The number of hydrogen-bond acceptors (Lipinski definition) is 4. The SMILES string of the molecule is COc1cccc(CNC2C=CC(Cc3c[nH]c4c3=CCCN=4)=CN2C)c1F. The van der Waals surface area contributed by atoms with Gasteiger partial charge in [-0.15, -0.1) is 0 Å². The van der Waals surface area contributed by atoms with Gasteiger partial charge >= 0.3 is 0 Å². The fourth-order valence-corrected chi connectivity index (χ4v) is 3.69. The highest BCUT2D eigenvalue weighted by Gasteiger charge is 2.16. The number of nitrogens with one attached hydrogen (secondary N) is 2. The highest BCUT2D eigenvalue weighted by Crippen LogP contribution is 2.20. The Kier molecular flexibility index (Phi) is 5.30. The maximum absolute atomic E-state index is 14.3. The molecule has 0 radical (unpaired) electrons. The van der Waals surface area contributed by atoms with Crippen LogP contribution in [0, 0.1) is 5.82 Å². The Labute approximate surface area is 163 Å². The Balaban J connectivity index is 1.41. The molecule has 3 heterocycles. The molecule has 1 unspecified atom stereocenters. The Bertz CT molecular complexity index is 1040. The van der Waals surface area contributed by atoms with Crippen molar-refractivity contribution < 1.29 is 9.13 Å².